The molecular formula is C40H76O5. The van der Waals surface area contributed by atoms with Gasteiger partial charge in [-0.15, -0.1) is 0 Å². The molecule has 1 unspecified atom stereocenters. The number of rotatable bonds is 36. The van der Waals surface area contributed by atoms with Gasteiger partial charge in [-0.1, -0.05) is 174 Å². The summed E-state index contributed by atoms with van der Waals surface area (Å²) in [6, 6.07) is 0. The maximum Gasteiger partial charge on any atom is 0.306 e. The molecular weight excluding hydrogens is 560 g/mol. The Balaban J connectivity index is 3.53. The standard InChI is InChI=1S/C40H76O5/c1-3-5-7-9-11-13-15-17-19-21-23-25-27-29-31-33-35-40(43)45-38(36-41)37-44-39(42)34-32-30-28-26-24-22-20-18-16-14-12-10-8-6-4-2/h17,19,38,41H,3-16,18,20-37H2,1-2H3. The molecule has 0 saturated heterocycles. The number of unbranched alkanes of at least 4 members (excludes halogenated alkanes) is 26. The molecule has 0 rings (SSSR count). The Morgan fingerprint density at radius 3 is 1.20 bits per heavy atom. The first kappa shape index (κ1) is 43.6. The van der Waals surface area contributed by atoms with Gasteiger partial charge in [0.05, 0.1) is 6.61 Å². The molecule has 0 aliphatic carbocycles. The summed E-state index contributed by atoms with van der Waals surface area (Å²) in [5.41, 5.74) is 0. The van der Waals surface area contributed by atoms with Crippen LogP contribution in [-0.4, -0.2) is 36.4 Å². The summed E-state index contributed by atoms with van der Waals surface area (Å²) in [5.74, 6) is -0.588. The largest absolute Gasteiger partial charge is 0.462 e. The van der Waals surface area contributed by atoms with E-state index in [-0.39, 0.29) is 25.2 Å². The monoisotopic (exact) mass is 637 g/mol. The van der Waals surface area contributed by atoms with Crippen LogP contribution in [0.25, 0.3) is 0 Å². The maximum atomic E-state index is 12.2. The molecule has 0 amide bonds. The number of hydrogen-bond acceptors (Lipinski definition) is 5. The van der Waals surface area contributed by atoms with E-state index in [9.17, 15) is 14.7 Å². The molecule has 0 radical (unpaired) electrons. The summed E-state index contributed by atoms with van der Waals surface area (Å²) in [6.07, 6.45) is 41.2. The fraction of sp³-hybridized carbons (Fsp3) is 0.900. The first-order chi connectivity index (χ1) is 22.1. The fourth-order valence-corrected chi connectivity index (χ4v) is 5.78. The number of ether oxygens (including phenoxy) is 2. The first-order valence-corrected chi connectivity index (χ1v) is 19.7. The van der Waals surface area contributed by atoms with Crippen LogP contribution in [0.4, 0.5) is 0 Å². The fourth-order valence-electron chi connectivity index (χ4n) is 5.78. The Labute approximate surface area is 280 Å². The van der Waals surface area contributed by atoms with Crippen molar-refractivity contribution in [1.29, 1.82) is 0 Å². The topological polar surface area (TPSA) is 72.8 Å². The Morgan fingerprint density at radius 2 is 0.822 bits per heavy atom. The zero-order valence-electron chi connectivity index (χ0n) is 30.1. The second-order valence-electron chi connectivity index (χ2n) is 13.4. The van der Waals surface area contributed by atoms with Crippen molar-refractivity contribution in [2.24, 2.45) is 0 Å². The second kappa shape index (κ2) is 37.1. The number of allylic oxidation sites excluding steroid dienone is 2. The zero-order chi connectivity index (χ0) is 32.9. The van der Waals surface area contributed by atoms with E-state index in [1.165, 1.54) is 148 Å². The lowest BCUT2D eigenvalue weighted by atomic mass is 10.0. The van der Waals surface area contributed by atoms with Gasteiger partial charge in [0, 0.05) is 12.8 Å². The minimum atomic E-state index is -0.767. The zero-order valence-corrected chi connectivity index (χ0v) is 30.1. The van der Waals surface area contributed by atoms with Crippen LogP contribution in [0, 0.1) is 0 Å². The Bertz CT molecular complexity index is 647. The average Bonchev–Trinajstić information content (AvgIpc) is 3.04. The molecule has 0 saturated carbocycles. The molecule has 0 aliphatic rings. The van der Waals surface area contributed by atoms with Crippen molar-refractivity contribution in [3.8, 4) is 0 Å². The van der Waals surface area contributed by atoms with Gasteiger partial charge in [0.2, 0.25) is 0 Å². The van der Waals surface area contributed by atoms with E-state index < -0.39 is 6.10 Å². The summed E-state index contributed by atoms with van der Waals surface area (Å²) in [5, 5.41) is 9.54. The molecule has 266 valence electrons. The van der Waals surface area contributed by atoms with E-state index >= 15 is 0 Å². The predicted octanol–water partition coefficient (Wildman–Crippen LogP) is 12.1. The van der Waals surface area contributed by atoms with E-state index in [2.05, 4.69) is 26.0 Å². The third-order valence-electron chi connectivity index (χ3n) is 8.81. The third-order valence-corrected chi connectivity index (χ3v) is 8.81. The second-order valence-corrected chi connectivity index (χ2v) is 13.4. The lowest BCUT2D eigenvalue weighted by Crippen LogP contribution is -2.28. The van der Waals surface area contributed by atoms with Crippen LogP contribution >= 0.6 is 0 Å². The van der Waals surface area contributed by atoms with Crippen molar-refractivity contribution in [2.75, 3.05) is 13.2 Å². The summed E-state index contributed by atoms with van der Waals surface area (Å²) >= 11 is 0. The van der Waals surface area contributed by atoms with E-state index in [0.717, 1.165) is 38.5 Å². The number of carbonyl (C=O) groups is 2. The van der Waals surface area contributed by atoms with E-state index in [0.29, 0.717) is 12.8 Å². The van der Waals surface area contributed by atoms with Crippen LogP contribution in [0.1, 0.15) is 213 Å². The molecule has 0 spiro atoms. The lowest BCUT2D eigenvalue weighted by Gasteiger charge is -2.15. The predicted molar refractivity (Wildman–Crippen MR) is 192 cm³/mol. The minimum absolute atomic E-state index is 0.0623. The van der Waals surface area contributed by atoms with Gasteiger partial charge in [0.1, 0.15) is 6.61 Å². The normalized spacial score (nSPS) is 12.2. The number of aliphatic hydroxyl groups excluding tert-OH is 1. The van der Waals surface area contributed by atoms with Crippen molar-refractivity contribution in [2.45, 2.75) is 219 Å². The number of esters is 2. The summed E-state index contributed by atoms with van der Waals surface area (Å²) in [4.78, 5) is 24.2. The molecule has 0 heterocycles. The molecule has 0 aromatic rings. The Kier molecular flexibility index (Phi) is 36.0. The molecule has 45 heavy (non-hydrogen) atoms. The van der Waals surface area contributed by atoms with E-state index in [1.807, 2.05) is 0 Å². The van der Waals surface area contributed by atoms with Crippen LogP contribution in [0.15, 0.2) is 12.2 Å². The molecule has 1 N–H and O–H groups in total. The molecule has 0 aromatic heterocycles. The van der Waals surface area contributed by atoms with Crippen LogP contribution in [0.3, 0.4) is 0 Å². The third kappa shape index (κ3) is 35.3. The molecule has 5 nitrogen and oxygen atoms in total. The molecule has 0 fully saturated rings. The summed E-state index contributed by atoms with van der Waals surface area (Å²) in [7, 11) is 0. The van der Waals surface area contributed by atoms with Crippen LogP contribution in [-0.2, 0) is 19.1 Å². The Hall–Kier alpha value is -1.36. The summed E-state index contributed by atoms with van der Waals surface area (Å²) < 4.78 is 10.6. The van der Waals surface area contributed by atoms with Crippen molar-refractivity contribution in [3.63, 3.8) is 0 Å². The first-order valence-electron chi connectivity index (χ1n) is 19.7. The highest BCUT2D eigenvalue weighted by atomic mass is 16.6. The number of aliphatic hydroxyl groups is 1. The van der Waals surface area contributed by atoms with Gasteiger partial charge in [-0.05, 0) is 38.5 Å². The van der Waals surface area contributed by atoms with E-state index in [1.54, 1.807) is 0 Å². The number of hydrogen-bond donors (Lipinski definition) is 1. The van der Waals surface area contributed by atoms with Gasteiger partial charge in [-0.3, -0.25) is 9.59 Å². The van der Waals surface area contributed by atoms with Crippen LogP contribution in [0.5, 0.6) is 0 Å². The van der Waals surface area contributed by atoms with Gasteiger partial charge < -0.3 is 14.6 Å². The van der Waals surface area contributed by atoms with Crippen molar-refractivity contribution in [1.82, 2.24) is 0 Å². The highest BCUT2D eigenvalue weighted by Gasteiger charge is 2.16. The number of carbonyl (C=O) groups excluding carboxylic acids is 2. The van der Waals surface area contributed by atoms with Gasteiger partial charge in [0.15, 0.2) is 6.10 Å². The van der Waals surface area contributed by atoms with Gasteiger partial charge in [-0.2, -0.15) is 0 Å². The molecule has 5 heteroatoms. The SMILES string of the molecule is CCCCCCCCC=CCCCCCCCCC(=O)OC(CO)COC(=O)CCCCCCCCCCCCCCCCC. The van der Waals surface area contributed by atoms with Crippen molar-refractivity contribution >= 4 is 11.9 Å². The van der Waals surface area contributed by atoms with Gasteiger partial charge in [-0.25, -0.2) is 0 Å². The average molecular weight is 637 g/mol. The Morgan fingerprint density at radius 1 is 0.489 bits per heavy atom. The van der Waals surface area contributed by atoms with Gasteiger partial charge in [0.25, 0.3) is 0 Å². The quantitative estimate of drug-likeness (QED) is 0.0421. The summed E-state index contributed by atoms with van der Waals surface area (Å²) in [6.45, 7) is 4.14. The molecule has 0 aliphatic heterocycles. The highest BCUT2D eigenvalue weighted by molar-refractivity contribution is 5.70. The lowest BCUT2D eigenvalue weighted by molar-refractivity contribution is -0.161. The van der Waals surface area contributed by atoms with Crippen molar-refractivity contribution in [3.05, 3.63) is 12.2 Å². The van der Waals surface area contributed by atoms with Crippen LogP contribution < -0.4 is 0 Å². The highest BCUT2D eigenvalue weighted by Crippen LogP contribution is 2.15. The smallest absolute Gasteiger partial charge is 0.306 e. The molecule has 1 atom stereocenters. The van der Waals surface area contributed by atoms with Gasteiger partial charge >= 0.3 is 11.9 Å². The van der Waals surface area contributed by atoms with Crippen molar-refractivity contribution < 1.29 is 24.2 Å². The minimum Gasteiger partial charge on any atom is -0.462 e. The maximum absolute atomic E-state index is 12.2. The molecule has 0 aromatic carbocycles. The van der Waals surface area contributed by atoms with Crippen LogP contribution in [0.2, 0.25) is 0 Å². The molecule has 0 bridgehead atoms. The van der Waals surface area contributed by atoms with E-state index in [4.69, 9.17) is 9.47 Å².